The standard InChI is InChI=1S/C12H20ClN3O2S/c1-2-11-6-4-3-5-7-16(11)19(17,18)12-10(8-13)9-14-15-12/h9,11H,2-8H2,1H3,(H,14,15). The van der Waals surface area contributed by atoms with Crippen LogP contribution in [0.2, 0.25) is 0 Å². The zero-order valence-electron chi connectivity index (χ0n) is 11.1. The second kappa shape index (κ2) is 6.24. The lowest BCUT2D eigenvalue weighted by atomic mass is 10.1. The first-order valence-electron chi connectivity index (χ1n) is 6.71. The molecule has 2 heterocycles. The fraction of sp³-hybridized carbons (Fsp3) is 0.750. The molecule has 1 aromatic heterocycles. The van der Waals surface area contributed by atoms with Crippen molar-refractivity contribution in [3.8, 4) is 0 Å². The minimum Gasteiger partial charge on any atom is -0.266 e. The van der Waals surface area contributed by atoms with Gasteiger partial charge in [-0.2, -0.15) is 9.40 Å². The molecular weight excluding hydrogens is 286 g/mol. The summed E-state index contributed by atoms with van der Waals surface area (Å²) in [6.07, 6.45) is 6.35. The molecule has 0 aromatic carbocycles. The van der Waals surface area contributed by atoms with Crippen LogP contribution in [-0.2, 0) is 15.9 Å². The first-order chi connectivity index (χ1) is 9.11. The van der Waals surface area contributed by atoms with Gasteiger partial charge in [-0.05, 0) is 19.3 Å². The minimum atomic E-state index is -3.52. The van der Waals surface area contributed by atoms with Crippen molar-refractivity contribution in [3.63, 3.8) is 0 Å². The van der Waals surface area contributed by atoms with Gasteiger partial charge in [0.2, 0.25) is 0 Å². The first kappa shape index (κ1) is 14.8. The van der Waals surface area contributed by atoms with E-state index in [-0.39, 0.29) is 16.9 Å². The second-order valence-corrected chi connectivity index (χ2v) is 6.98. The lowest BCUT2D eigenvalue weighted by molar-refractivity contribution is 0.314. The van der Waals surface area contributed by atoms with E-state index in [0.717, 1.165) is 32.1 Å². The van der Waals surface area contributed by atoms with Crippen LogP contribution in [0.5, 0.6) is 0 Å². The maximum Gasteiger partial charge on any atom is 0.260 e. The van der Waals surface area contributed by atoms with Crippen LogP contribution in [0, 0.1) is 0 Å². The number of H-pyrrole nitrogens is 1. The Kier molecular flexibility index (Phi) is 4.86. The number of aromatic amines is 1. The number of hydrogen-bond donors (Lipinski definition) is 1. The Bertz CT molecular complexity index is 515. The van der Waals surface area contributed by atoms with Crippen LogP contribution in [0.3, 0.4) is 0 Å². The van der Waals surface area contributed by atoms with Gasteiger partial charge in [0.1, 0.15) is 0 Å². The van der Waals surface area contributed by atoms with E-state index in [1.807, 2.05) is 6.92 Å². The van der Waals surface area contributed by atoms with Crippen LogP contribution in [0.4, 0.5) is 0 Å². The summed E-state index contributed by atoms with van der Waals surface area (Å²) in [6, 6.07) is 0.0824. The van der Waals surface area contributed by atoms with E-state index in [0.29, 0.717) is 12.1 Å². The van der Waals surface area contributed by atoms with Crippen LogP contribution in [0.25, 0.3) is 0 Å². The van der Waals surface area contributed by atoms with E-state index in [1.165, 1.54) is 6.20 Å². The van der Waals surface area contributed by atoms with Gasteiger partial charge in [-0.25, -0.2) is 8.42 Å². The number of nitrogens with one attached hydrogen (secondary N) is 1. The zero-order valence-corrected chi connectivity index (χ0v) is 12.7. The minimum absolute atomic E-state index is 0.0824. The van der Waals surface area contributed by atoms with Crippen LogP contribution in [0.1, 0.15) is 44.6 Å². The smallest absolute Gasteiger partial charge is 0.260 e. The summed E-state index contributed by atoms with van der Waals surface area (Å²) < 4.78 is 27.1. The maximum absolute atomic E-state index is 12.7. The molecule has 1 aromatic rings. The van der Waals surface area contributed by atoms with E-state index < -0.39 is 10.0 Å². The SMILES string of the molecule is CCC1CCCCCN1S(=O)(=O)c1[nH]ncc1CCl. The molecule has 1 unspecified atom stereocenters. The molecule has 1 N–H and O–H groups in total. The molecule has 1 atom stereocenters. The Morgan fingerprint density at radius 1 is 1.47 bits per heavy atom. The van der Waals surface area contributed by atoms with E-state index in [2.05, 4.69) is 10.2 Å². The van der Waals surface area contributed by atoms with Gasteiger partial charge in [-0.1, -0.05) is 19.8 Å². The van der Waals surface area contributed by atoms with Gasteiger partial charge in [0, 0.05) is 18.2 Å². The maximum atomic E-state index is 12.7. The summed E-state index contributed by atoms with van der Waals surface area (Å²) >= 11 is 5.78. The van der Waals surface area contributed by atoms with E-state index >= 15 is 0 Å². The van der Waals surface area contributed by atoms with Crippen LogP contribution in [-0.4, -0.2) is 35.5 Å². The second-order valence-electron chi connectivity index (χ2n) is 4.89. The predicted molar refractivity (Wildman–Crippen MR) is 74.6 cm³/mol. The average molecular weight is 306 g/mol. The van der Waals surface area contributed by atoms with Crippen molar-refractivity contribution >= 4 is 21.6 Å². The van der Waals surface area contributed by atoms with Crippen LogP contribution >= 0.6 is 11.6 Å². The van der Waals surface area contributed by atoms with Crippen molar-refractivity contribution in [3.05, 3.63) is 11.8 Å². The molecular formula is C12H20ClN3O2S. The topological polar surface area (TPSA) is 66.1 Å². The number of rotatable bonds is 4. The lowest BCUT2D eigenvalue weighted by Gasteiger charge is -2.27. The molecule has 2 rings (SSSR count). The van der Waals surface area contributed by atoms with E-state index in [1.54, 1.807) is 4.31 Å². The number of hydrogen-bond acceptors (Lipinski definition) is 3. The summed E-state index contributed by atoms with van der Waals surface area (Å²) in [5, 5.41) is 6.56. The molecule has 7 heteroatoms. The fourth-order valence-corrected chi connectivity index (χ4v) is 4.77. The summed E-state index contributed by atoms with van der Waals surface area (Å²) in [4.78, 5) is 0. The van der Waals surface area contributed by atoms with Gasteiger partial charge in [-0.15, -0.1) is 11.6 Å². The Hall–Kier alpha value is -0.590. The van der Waals surface area contributed by atoms with Crippen molar-refractivity contribution in [1.29, 1.82) is 0 Å². The van der Waals surface area contributed by atoms with Crippen molar-refractivity contribution < 1.29 is 8.42 Å². The Labute approximate surface area is 119 Å². The molecule has 19 heavy (non-hydrogen) atoms. The van der Waals surface area contributed by atoms with Crippen molar-refractivity contribution in [2.75, 3.05) is 6.54 Å². The molecule has 0 radical (unpaired) electrons. The predicted octanol–water partition coefficient (Wildman–Crippen LogP) is 2.49. The highest BCUT2D eigenvalue weighted by Gasteiger charge is 2.33. The zero-order chi connectivity index (χ0) is 13.9. The Balaban J connectivity index is 2.36. The van der Waals surface area contributed by atoms with Gasteiger partial charge >= 0.3 is 0 Å². The largest absolute Gasteiger partial charge is 0.266 e. The van der Waals surface area contributed by atoms with Crippen LogP contribution < -0.4 is 0 Å². The molecule has 0 spiro atoms. The number of aromatic nitrogens is 2. The normalized spacial score (nSPS) is 22.3. The molecule has 108 valence electrons. The first-order valence-corrected chi connectivity index (χ1v) is 8.68. The van der Waals surface area contributed by atoms with Gasteiger partial charge in [0.25, 0.3) is 10.0 Å². The Morgan fingerprint density at radius 2 is 2.26 bits per heavy atom. The number of sulfonamides is 1. The lowest BCUT2D eigenvalue weighted by Crippen LogP contribution is -2.40. The number of nitrogens with zero attached hydrogens (tertiary/aromatic N) is 2. The molecule has 1 aliphatic rings. The average Bonchev–Trinajstić information content (AvgIpc) is 2.76. The summed E-state index contributed by atoms with van der Waals surface area (Å²) in [6.45, 7) is 2.62. The van der Waals surface area contributed by atoms with Crippen molar-refractivity contribution in [1.82, 2.24) is 14.5 Å². The highest BCUT2D eigenvalue weighted by molar-refractivity contribution is 7.89. The molecule has 5 nitrogen and oxygen atoms in total. The molecule has 0 amide bonds. The highest BCUT2D eigenvalue weighted by atomic mass is 35.5. The third kappa shape index (κ3) is 2.95. The third-order valence-corrected chi connectivity index (χ3v) is 5.94. The number of alkyl halides is 1. The van der Waals surface area contributed by atoms with E-state index in [4.69, 9.17) is 11.6 Å². The van der Waals surface area contributed by atoms with Gasteiger partial charge < -0.3 is 0 Å². The monoisotopic (exact) mass is 305 g/mol. The summed E-state index contributed by atoms with van der Waals surface area (Å²) in [5.74, 6) is 0.149. The highest BCUT2D eigenvalue weighted by Crippen LogP contribution is 2.27. The van der Waals surface area contributed by atoms with Crippen molar-refractivity contribution in [2.45, 2.75) is 56.0 Å². The quantitative estimate of drug-likeness (QED) is 0.869. The van der Waals surface area contributed by atoms with Gasteiger partial charge in [0.15, 0.2) is 5.03 Å². The van der Waals surface area contributed by atoms with Crippen LogP contribution in [0.15, 0.2) is 11.2 Å². The molecule has 0 bridgehead atoms. The Morgan fingerprint density at radius 3 is 2.95 bits per heavy atom. The molecule has 1 fully saturated rings. The number of halogens is 1. The molecule has 1 saturated heterocycles. The third-order valence-electron chi connectivity index (χ3n) is 3.68. The molecule has 0 saturated carbocycles. The summed E-state index contributed by atoms with van der Waals surface area (Å²) in [5.41, 5.74) is 0.542. The summed E-state index contributed by atoms with van der Waals surface area (Å²) in [7, 11) is -3.52. The molecule has 1 aliphatic heterocycles. The van der Waals surface area contributed by atoms with E-state index in [9.17, 15) is 8.42 Å². The van der Waals surface area contributed by atoms with Gasteiger partial charge in [-0.3, -0.25) is 5.10 Å². The molecule has 0 aliphatic carbocycles. The van der Waals surface area contributed by atoms with Gasteiger partial charge in [0.05, 0.1) is 12.1 Å². The van der Waals surface area contributed by atoms with Crippen molar-refractivity contribution in [2.24, 2.45) is 0 Å². The fourth-order valence-electron chi connectivity index (χ4n) is 2.61.